The predicted octanol–water partition coefficient (Wildman–Crippen LogP) is 10.3. The number of hydrogen-bond donors (Lipinski definition) is 0. The molecule has 0 heterocycles. The number of nitrogens with zero attached hydrogens (tertiary/aromatic N) is 4. The smallest absolute Gasteiger partial charge is 0.0487 e. The Kier molecular flexibility index (Phi) is 91.8. The maximum atomic E-state index is 4.00. The van der Waals surface area contributed by atoms with Crippen LogP contribution in [0.3, 0.4) is 0 Å². The molecule has 0 fully saturated rings. The topological polar surface area (TPSA) is 49.4 Å². The van der Waals surface area contributed by atoms with Crippen molar-refractivity contribution < 1.29 is 0 Å². The van der Waals surface area contributed by atoms with E-state index >= 15 is 0 Å². The summed E-state index contributed by atoms with van der Waals surface area (Å²) in [6, 6.07) is 0.417. The lowest BCUT2D eigenvalue weighted by Crippen LogP contribution is -2.05. The van der Waals surface area contributed by atoms with E-state index in [1.54, 1.807) is 7.05 Å². The van der Waals surface area contributed by atoms with Gasteiger partial charge in [0.05, 0.1) is 0 Å². The molecule has 1 unspecified atom stereocenters. The van der Waals surface area contributed by atoms with Crippen LogP contribution in [0, 0.1) is 23.7 Å². The van der Waals surface area contributed by atoms with Gasteiger partial charge in [-0.1, -0.05) is 111 Å². The summed E-state index contributed by atoms with van der Waals surface area (Å²) in [5, 5.41) is 0. The van der Waals surface area contributed by atoms with Gasteiger partial charge in [0.1, 0.15) is 0 Å². The highest BCUT2D eigenvalue weighted by atomic mass is 14.7. The van der Waals surface area contributed by atoms with Crippen molar-refractivity contribution in [3.05, 3.63) is 0 Å². The van der Waals surface area contributed by atoms with E-state index in [9.17, 15) is 0 Å². The molecule has 0 N–H and O–H groups in total. The summed E-state index contributed by atoms with van der Waals surface area (Å²) in [6.07, 6.45) is 1.92. The molecule has 0 aliphatic carbocycles. The first-order valence-corrected chi connectivity index (χ1v) is 13.6. The van der Waals surface area contributed by atoms with Crippen molar-refractivity contribution in [2.75, 3.05) is 20.6 Å². The van der Waals surface area contributed by atoms with E-state index in [0.717, 1.165) is 6.54 Å². The molecule has 0 saturated carbocycles. The number of aliphatic imine (C=N–C) groups is 4. The average Bonchev–Trinajstić information content (AvgIpc) is 2.84. The lowest BCUT2D eigenvalue weighted by atomic mass is 10.1. The Morgan fingerprint density at radius 3 is 1.06 bits per heavy atom. The first-order chi connectivity index (χ1) is 15.9. The van der Waals surface area contributed by atoms with Gasteiger partial charge in [0.25, 0.3) is 0 Å². The normalized spacial score (nSPS) is 9.94. The lowest BCUT2D eigenvalue weighted by Gasteiger charge is -2.06. The fourth-order valence-electron chi connectivity index (χ4n) is 1.03. The van der Waals surface area contributed by atoms with Crippen molar-refractivity contribution in [2.24, 2.45) is 43.6 Å². The van der Waals surface area contributed by atoms with Crippen molar-refractivity contribution in [3.8, 4) is 0 Å². The fraction of sp³-hybridized carbons (Fsp3) is 0.867. The van der Waals surface area contributed by atoms with E-state index in [1.807, 2.05) is 75.6 Å². The molecule has 0 saturated heterocycles. The quantitative estimate of drug-likeness (QED) is 0.334. The Morgan fingerprint density at radius 1 is 0.706 bits per heavy atom. The molecule has 4 nitrogen and oxygen atoms in total. The highest BCUT2D eigenvalue weighted by molar-refractivity contribution is 5.83. The van der Waals surface area contributed by atoms with Crippen LogP contribution < -0.4 is 0 Å². The Labute approximate surface area is 220 Å². The van der Waals surface area contributed by atoms with Crippen molar-refractivity contribution in [1.29, 1.82) is 0 Å². The van der Waals surface area contributed by atoms with Crippen LogP contribution in [0.25, 0.3) is 0 Å². The summed E-state index contributed by atoms with van der Waals surface area (Å²) >= 11 is 0. The second-order valence-corrected chi connectivity index (χ2v) is 7.64. The molecular formula is C30H72N4. The maximum absolute atomic E-state index is 4.00. The van der Waals surface area contributed by atoms with Crippen molar-refractivity contribution >= 4 is 25.4 Å². The largest absolute Gasteiger partial charge is 0.301 e. The molecule has 212 valence electrons. The highest BCUT2D eigenvalue weighted by Crippen LogP contribution is 2.02. The summed E-state index contributed by atoms with van der Waals surface area (Å²) in [5.74, 6) is 2.53. The molecule has 0 aliphatic heterocycles. The van der Waals surface area contributed by atoms with Crippen LogP contribution in [0.1, 0.15) is 125 Å². The van der Waals surface area contributed by atoms with Gasteiger partial charge in [-0.3, -0.25) is 9.98 Å². The van der Waals surface area contributed by atoms with Crippen molar-refractivity contribution in [3.63, 3.8) is 0 Å². The van der Waals surface area contributed by atoms with Crippen molar-refractivity contribution in [2.45, 2.75) is 131 Å². The van der Waals surface area contributed by atoms with Gasteiger partial charge < -0.3 is 9.98 Å². The Balaban J connectivity index is -0.0000000402. The fourth-order valence-corrected chi connectivity index (χ4v) is 1.03. The van der Waals surface area contributed by atoms with Crippen LogP contribution in [0.4, 0.5) is 0 Å². The SMILES string of the molecule is C=NC(C)C(C)C.C=NCC(C)C.CC.CC.CC.CC.CN=C(C)C(C)C.CN=CC(C)C. The van der Waals surface area contributed by atoms with Crippen LogP contribution in [0.5, 0.6) is 0 Å². The zero-order valence-corrected chi connectivity index (χ0v) is 27.9. The van der Waals surface area contributed by atoms with E-state index in [1.165, 1.54) is 5.71 Å². The molecule has 0 spiro atoms. The zero-order valence-electron chi connectivity index (χ0n) is 27.9. The average molecular weight is 489 g/mol. The second kappa shape index (κ2) is 58.0. The molecule has 0 aromatic rings. The molecule has 0 bridgehead atoms. The van der Waals surface area contributed by atoms with Gasteiger partial charge in [0.2, 0.25) is 0 Å². The Morgan fingerprint density at radius 2 is 1.06 bits per heavy atom. The third-order valence-electron chi connectivity index (χ3n) is 3.38. The minimum atomic E-state index is 0.417. The number of hydrogen-bond acceptors (Lipinski definition) is 4. The minimum Gasteiger partial charge on any atom is -0.301 e. The van der Waals surface area contributed by atoms with Crippen LogP contribution in [0.2, 0.25) is 0 Å². The highest BCUT2D eigenvalue weighted by Gasteiger charge is 1.99. The van der Waals surface area contributed by atoms with Gasteiger partial charge in [0.15, 0.2) is 0 Å². The molecule has 0 radical (unpaired) electrons. The summed E-state index contributed by atoms with van der Waals surface area (Å²) < 4.78 is 0. The van der Waals surface area contributed by atoms with Crippen LogP contribution in [0.15, 0.2) is 20.0 Å². The molecule has 0 amide bonds. The Hall–Kier alpha value is -1.32. The number of rotatable bonds is 6. The van der Waals surface area contributed by atoms with E-state index in [4.69, 9.17) is 0 Å². The lowest BCUT2D eigenvalue weighted by molar-refractivity contribution is 0.534. The zero-order chi connectivity index (χ0) is 29.7. The van der Waals surface area contributed by atoms with Gasteiger partial charge in [-0.15, -0.1) is 0 Å². The second-order valence-electron chi connectivity index (χ2n) is 7.64. The van der Waals surface area contributed by atoms with Gasteiger partial charge in [-0.2, -0.15) is 0 Å². The predicted molar refractivity (Wildman–Crippen MR) is 172 cm³/mol. The molecule has 34 heavy (non-hydrogen) atoms. The van der Waals surface area contributed by atoms with Gasteiger partial charge in [-0.25, -0.2) is 0 Å². The minimum absolute atomic E-state index is 0.417. The maximum Gasteiger partial charge on any atom is 0.0487 e. The van der Waals surface area contributed by atoms with Gasteiger partial charge in [-0.05, 0) is 51.0 Å². The van der Waals surface area contributed by atoms with Crippen LogP contribution in [-0.2, 0) is 0 Å². The summed E-state index contributed by atoms with van der Waals surface area (Å²) in [5.41, 5.74) is 1.22. The first-order valence-electron chi connectivity index (χ1n) is 13.6. The summed E-state index contributed by atoms with van der Waals surface area (Å²) in [6.45, 7) is 44.8. The molecule has 0 aliphatic rings. The summed E-state index contributed by atoms with van der Waals surface area (Å²) in [7, 11) is 3.62. The van der Waals surface area contributed by atoms with Crippen LogP contribution >= 0.6 is 0 Å². The Bertz CT molecular complexity index is 355. The first kappa shape index (κ1) is 53.8. The molecule has 0 aromatic heterocycles. The third-order valence-corrected chi connectivity index (χ3v) is 3.38. The van der Waals surface area contributed by atoms with E-state index in [-0.39, 0.29) is 0 Å². The van der Waals surface area contributed by atoms with E-state index in [0.29, 0.717) is 29.7 Å². The molecule has 0 aromatic carbocycles. The van der Waals surface area contributed by atoms with Gasteiger partial charge in [0, 0.05) is 38.6 Å². The third kappa shape index (κ3) is 97.1. The molecule has 0 rings (SSSR count). The standard InChI is InChI=1S/2C6H13N.2C5H11N.4C2H6/c2*1-5(2)6(3)7-4;2*1-5(2)4-6-3;4*1-2/h5H,1-4H3;5-6H,4H2,1-3H3;4-5H,1-3H3;5H,3-4H2,1-2H3;4*1-2H3. The van der Waals surface area contributed by atoms with Crippen LogP contribution in [-0.4, -0.2) is 52.0 Å². The summed E-state index contributed by atoms with van der Waals surface area (Å²) in [4.78, 5) is 15.3. The molecule has 4 heteroatoms. The van der Waals surface area contributed by atoms with Crippen molar-refractivity contribution in [1.82, 2.24) is 0 Å². The van der Waals surface area contributed by atoms with Gasteiger partial charge >= 0.3 is 0 Å². The van der Waals surface area contributed by atoms with E-state index in [2.05, 4.69) is 95.7 Å². The molecule has 1 atom stereocenters. The monoisotopic (exact) mass is 489 g/mol. The molecular weight excluding hydrogens is 416 g/mol. The van der Waals surface area contributed by atoms with E-state index < -0.39 is 0 Å².